The van der Waals surface area contributed by atoms with E-state index in [1.165, 1.54) is 38.2 Å². The van der Waals surface area contributed by atoms with Gasteiger partial charge in [0.15, 0.2) is 21.9 Å². The van der Waals surface area contributed by atoms with Gasteiger partial charge in [-0.3, -0.25) is 4.79 Å². The van der Waals surface area contributed by atoms with Crippen molar-refractivity contribution in [2.24, 2.45) is 0 Å². The van der Waals surface area contributed by atoms with E-state index in [9.17, 15) is 4.79 Å². The Kier molecular flexibility index (Phi) is 4.32. The monoisotopic (exact) mass is 373 g/mol. The number of nitrogens with zero attached hydrogens (tertiary/aromatic N) is 1. The fourth-order valence-electron chi connectivity index (χ4n) is 3.35. The maximum atomic E-state index is 12.9. The molecule has 4 rings (SSSR count). The van der Waals surface area contributed by atoms with Crippen molar-refractivity contribution < 1.29 is 23.4 Å². The largest absolute Gasteiger partial charge is 0.493 e. The number of thiophene rings is 1. The predicted molar refractivity (Wildman–Crippen MR) is 98.1 cm³/mol. The molecule has 3 aromatic rings. The van der Waals surface area contributed by atoms with Gasteiger partial charge in [-0.1, -0.05) is 0 Å². The van der Waals surface area contributed by atoms with Crippen LogP contribution in [0.1, 0.15) is 39.5 Å². The number of methoxy groups -OCH3 is 3. The van der Waals surface area contributed by atoms with E-state index in [0.717, 1.165) is 29.7 Å². The molecule has 0 amide bonds. The van der Waals surface area contributed by atoms with E-state index in [1.54, 1.807) is 23.5 Å². The first kappa shape index (κ1) is 16.9. The first-order valence-electron chi connectivity index (χ1n) is 8.42. The first-order valence-corrected chi connectivity index (χ1v) is 9.23. The van der Waals surface area contributed by atoms with Gasteiger partial charge >= 0.3 is 0 Å². The summed E-state index contributed by atoms with van der Waals surface area (Å²) in [7, 11) is 4.55. The summed E-state index contributed by atoms with van der Waals surface area (Å²) in [6, 6.07) is 3.22. The molecule has 0 saturated heterocycles. The van der Waals surface area contributed by atoms with Crippen LogP contribution >= 0.6 is 11.3 Å². The van der Waals surface area contributed by atoms with Gasteiger partial charge in [-0.05, 0) is 37.8 Å². The zero-order valence-electron chi connectivity index (χ0n) is 14.9. The van der Waals surface area contributed by atoms with E-state index in [-0.39, 0.29) is 11.7 Å². The van der Waals surface area contributed by atoms with Crippen molar-refractivity contribution in [1.82, 2.24) is 4.98 Å². The Morgan fingerprint density at radius 3 is 2.42 bits per heavy atom. The number of ether oxygens (including phenoxy) is 3. The summed E-state index contributed by atoms with van der Waals surface area (Å²) >= 11 is 1.63. The highest BCUT2D eigenvalue weighted by atomic mass is 32.1. The van der Waals surface area contributed by atoms with Gasteiger partial charge in [0.05, 0.1) is 21.3 Å². The molecule has 26 heavy (non-hydrogen) atoms. The van der Waals surface area contributed by atoms with Crippen molar-refractivity contribution in [3.8, 4) is 17.2 Å². The first-order chi connectivity index (χ1) is 12.7. The lowest BCUT2D eigenvalue weighted by Crippen LogP contribution is -2.04. The lowest BCUT2D eigenvalue weighted by atomic mass is 9.99. The highest BCUT2D eigenvalue weighted by Crippen LogP contribution is 2.40. The molecule has 0 atom stereocenters. The maximum Gasteiger partial charge on any atom is 0.270 e. The average Bonchev–Trinajstić information content (AvgIpc) is 3.24. The Balaban J connectivity index is 1.75. The highest BCUT2D eigenvalue weighted by molar-refractivity contribution is 7.18. The van der Waals surface area contributed by atoms with Crippen molar-refractivity contribution in [2.75, 3.05) is 21.3 Å². The number of ketones is 1. The molecule has 1 aliphatic rings. The van der Waals surface area contributed by atoms with E-state index in [4.69, 9.17) is 18.6 Å². The van der Waals surface area contributed by atoms with Crippen LogP contribution in [0.4, 0.5) is 0 Å². The molecule has 136 valence electrons. The minimum absolute atomic E-state index is 0.0916. The zero-order valence-corrected chi connectivity index (χ0v) is 15.7. The molecule has 0 saturated carbocycles. The second-order valence-corrected chi connectivity index (χ2v) is 7.19. The van der Waals surface area contributed by atoms with Gasteiger partial charge < -0.3 is 18.6 Å². The number of hydrogen-bond acceptors (Lipinski definition) is 7. The van der Waals surface area contributed by atoms with Crippen LogP contribution in [0.5, 0.6) is 17.2 Å². The molecule has 0 bridgehead atoms. The Morgan fingerprint density at radius 2 is 1.77 bits per heavy atom. The van der Waals surface area contributed by atoms with Crippen LogP contribution < -0.4 is 14.2 Å². The molecule has 0 radical (unpaired) electrons. The molecule has 2 aromatic heterocycles. The summed E-state index contributed by atoms with van der Waals surface area (Å²) in [5, 5.41) is 0. The second kappa shape index (κ2) is 6.64. The SMILES string of the molecule is COc1cc(C(=O)c2nc3sc4c(c3o2)CCCC4)cc(OC)c1OC. The minimum atomic E-state index is -0.308. The Hall–Kier alpha value is -2.54. The van der Waals surface area contributed by atoms with E-state index in [2.05, 4.69) is 4.98 Å². The Labute approximate surface area is 154 Å². The summed E-state index contributed by atoms with van der Waals surface area (Å²) in [6.45, 7) is 0. The van der Waals surface area contributed by atoms with Gasteiger partial charge in [0.2, 0.25) is 11.5 Å². The molecule has 0 spiro atoms. The molecule has 1 aromatic carbocycles. The summed E-state index contributed by atoms with van der Waals surface area (Å²) in [6.07, 6.45) is 4.41. The van der Waals surface area contributed by atoms with Crippen molar-refractivity contribution in [2.45, 2.75) is 25.7 Å². The number of aryl methyl sites for hydroxylation is 2. The van der Waals surface area contributed by atoms with Gasteiger partial charge in [0, 0.05) is 16.0 Å². The zero-order chi connectivity index (χ0) is 18.3. The van der Waals surface area contributed by atoms with Gasteiger partial charge in [-0.15, -0.1) is 11.3 Å². The van der Waals surface area contributed by atoms with Crippen molar-refractivity contribution in [1.29, 1.82) is 0 Å². The predicted octanol–water partition coefficient (Wildman–Crippen LogP) is 4.02. The van der Waals surface area contributed by atoms with Crippen LogP contribution in [0.25, 0.3) is 10.4 Å². The number of carbonyl (C=O) groups excluding carboxylic acids is 1. The summed E-state index contributed by atoms with van der Waals surface area (Å²) in [4.78, 5) is 19.5. The van der Waals surface area contributed by atoms with Crippen LogP contribution in [-0.4, -0.2) is 32.1 Å². The fraction of sp³-hybridized carbons (Fsp3) is 0.368. The van der Waals surface area contributed by atoms with E-state index < -0.39 is 0 Å². The van der Waals surface area contributed by atoms with Crippen molar-refractivity contribution >= 4 is 27.5 Å². The fourth-order valence-corrected chi connectivity index (χ4v) is 4.53. The number of hydrogen-bond donors (Lipinski definition) is 0. The normalized spacial score (nSPS) is 13.5. The summed E-state index contributed by atoms with van der Waals surface area (Å²) in [5.41, 5.74) is 2.36. The van der Waals surface area contributed by atoms with Crippen LogP contribution in [0.2, 0.25) is 0 Å². The van der Waals surface area contributed by atoms with E-state index >= 15 is 0 Å². The van der Waals surface area contributed by atoms with Crippen molar-refractivity contribution in [3.63, 3.8) is 0 Å². The van der Waals surface area contributed by atoms with Gasteiger partial charge in [-0.25, -0.2) is 0 Å². The molecular weight excluding hydrogens is 354 g/mol. The van der Waals surface area contributed by atoms with Gasteiger partial charge in [-0.2, -0.15) is 4.98 Å². The lowest BCUT2D eigenvalue weighted by molar-refractivity contribution is 0.100. The average molecular weight is 373 g/mol. The summed E-state index contributed by atoms with van der Waals surface area (Å²) in [5.74, 6) is 1.06. The standard InChI is InChI=1S/C19H19NO5S/c1-22-12-8-10(9-13(23-2)17(12)24-3)15(21)18-20-19-16(25-18)11-6-4-5-7-14(11)26-19/h8-9H,4-7H2,1-3H3. The molecule has 0 unspecified atom stereocenters. The lowest BCUT2D eigenvalue weighted by Gasteiger charge is -2.13. The molecule has 0 aliphatic heterocycles. The summed E-state index contributed by atoms with van der Waals surface area (Å²) < 4.78 is 21.8. The van der Waals surface area contributed by atoms with E-state index in [0.29, 0.717) is 22.8 Å². The number of fused-ring (bicyclic) bond motifs is 3. The number of benzene rings is 1. The Bertz CT molecular complexity index is 962. The molecule has 7 heteroatoms. The molecule has 0 fully saturated rings. The number of rotatable bonds is 5. The van der Waals surface area contributed by atoms with Gasteiger partial charge in [0.25, 0.3) is 5.89 Å². The highest BCUT2D eigenvalue weighted by Gasteiger charge is 2.25. The third kappa shape index (κ3) is 2.63. The van der Waals surface area contributed by atoms with Crippen molar-refractivity contribution in [3.05, 3.63) is 34.0 Å². The van der Waals surface area contributed by atoms with E-state index in [1.807, 2.05) is 0 Å². The second-order valence-electron chi connectivity index (χ2n) is 6.11. The maximum absolute atomic E-state index is 12.9. The number of oxazole rings is 1. The third-order valence-corrected chi connectivity index (χ3v) is 5.80. The van der Waals surface area contributed by atoms with Crippen LogP contribution in [0.15, 0.2) is 16.5 Å². The topological polar surface area (TPSA) is 70.8 Å². The molecular formula is C19H19NO5S. The van der Waals surface area contributed by atoms with Crippen LogP contribution in [0.3, 0.4) is 0 Å². The molecule has 0 N–H and O–H groups in total. The Morgan fingerprint density at radius 1 is 1.08 bits per heavy atom. The number of aromatic nitrogens is 1. The smallest absolute Gasteiger partial charge is 0.270 e. The van der Waals surface area contributed by atoms with Crippen LogP contribution in [-0.2, 0) is 12.8 Å². The van der Waals surface area contributed by atoms with Gasteiger partial charge in [0.1, 0.15) is 0 Å². The number of carbonyl (C=O) groups is 1. The van der Waals surface area contributed by atoms with Crippen LogP contribution in [0, 0.1) is 0 Å². The molecule has 6 nitrogen and oxygen atoms in total. The molecule has 2 heterocycles. The minimum Gasteiger partial charge on any atom is -0.493 e. The third-order valence-electron chi connectivity index (χ3n) is 4.63. The molecule has 1 aliphatic carbocycles. The quantitative estimate of drug-likeness (QED) is 0.629.